The van der Waals surface area contributed by atoms with E-state index in [2.05, 4.69) is 11.9 Å². The molecular weight excluding hydrogens is 383 g/mol. The zero-order chi connectivity index (χ0) is 19.7. The SMILES string of the molecule is C=C(O)c1ccc(C(CN)NC(=O)C2=Cc3c(ccc(Cl)c3Cl)C2C)cc1. The molecule has 140 valence electrons. The molecule has 0 radical (unpaired) electrons. The summed E-state index contributed by atoms with van der Waals surface area (Å²) in [6, 6.07) is 10.4. The van der Waals surface area contributed by atoms with Crippen molar-refractivity contribution in [1.29, 1.82) is 0 Å². The van der Waals surface area contributed by atoms with Gasteiger partial charge >= 0.3 is 0 Å². The Morgan fingerprint density at radius 3 is 2.52 bits per heavy atom. The lowest BCUT2D eigenvalue weighted by Crippen LogP contribution is -2.34. The number of rotatable bonds is 5. The van der Waals surface area contributed by atoms with Crippen molar-refractivity contribution in [1.82, 2.24) is 5.32 Å². The molecule has 27 heavy (non-hydrogen) atoms. The van der Waals surface area contributed by atoms with Gasteiger partial charge < -0.3 is 16.2 Å². The number of hydrogen-bond donors (Lipinski definition) is 3. The van der Waals surface area contributed by atoms with E-state index < -0.39 is 0 Å². The van der Waals surface area contributed by atoms with Crippen LogP contribution in [0, 0.1) is 0 Å². The molecule has 2 atom stereocenters. The van der Waals surface area contributed by atoms with Crippen LogP contribution in [0.2, 0.25) is 10.0 Å². The van der Waals surface area contributed by atoms with Crippen LogP contribution in [0.4, 0.5) is 0 Å². The molecule has 0 aromatic heterocycles. The number of nitrogens with one attached hydrogen (secondary N) is 1. The molecule has 0 bridgehead atoms. The summed E-state index contributed by atoms with van der Waals surface area (Å²) < 4.78 is 0. The maximum atomic E-state index is 12.9. The number of hydrogen-bond acceptors (Lipinski definition) is 3. The zero-order valence-electron chi connectivity index (χ0n) is 14.8. The average molecular weight is 403 g/mol. The summed E-state index contributed by atoms with van der Waals surface area (Å²) in [4.78, 5) is 12.9. The Balaban J connectivity index is 1.81. The van der Waals surface area contributed by atoms with Crippen molar-refractivity contribution in [2.24, 2.45) is 5.73 Å². The molecule has 4 N–H and O–H groups in total. The topological polar surface area (TPSA) is 75.3 Å². The van der Waals surface area contributed by atoms with Gasteiger partial charge in [-0.2, -0.15) is 0 Å². The molecule has 0 spiro atoms. The summed E-state index contributed by atoms with van der Waals surface area (Å²) in [6.07, 6.45) is 1.79. The monoisotopic (exact) mass is 402 g/mol. The lowest BCUT2D eigenvalue weighted by molar-refractivity contribution is -0.118. The fraction of sp³-hybridized carbons (Fsp3) is 0.190. The minimum absolute atomic E-state index is 0.00637. The van der Waals surface area contributed by atoms with Gasteiger partial charge in [0, 0.05) is 23.6 Å². The highest BCUT2D eigenvalue weighted by atomic mass is 35.5. The van der Waals surface area contributed by atoms with Crippen molar-refractivity contribution in [3.8, 4) is 0 Å². The predicted octanol–water partition coefficient (Wildman–Crippen LogP) is 4.84. The molecule has 0 fully saturated rings. The molecule has 0 heterocycles. The van der Waals surface area contributed by atoms with E-state index in [1.54, 1.807) is 24.3 Å². The van der Waals surface area contributed by atoms with E-state index in [4.69, 9.17) is 28.9 Å². The number of nitrogens with two attached hydrogens (primary N) is 1. The lowest BCUT2D eigenvalue weighted by atomic mass is 9.97. The minimum Gasteiger partial charge on any atom is -0.508 e. The molecule has 3 rings (SSSR count). The molecule has 0 aliphatic heterocycles. The van der Waals surface area contributed by atoms with Crippen molar-refractivity contribution in [2.45, 2.75) is 18.9 Å². The maximum Gasteiger partial charge on any atom is 0.248 e. The van der Waals surface area contributed by atoms with Crippen molar-refractivity contribution in [2.75, 3.05) is 6.54 Å². The number of carbonyl (C=O) groups excluding carboxylic acids is 1. The Bertz CT molecular complexity index is 936. The summed E-state index contributed by atoms with van der Waals surface area (Å²) in [5.74, 6) is -0.293. The van der Waals surface area contributed by atoms with Crippen LogP contribution in [0.5, 0.6) is 0 Å². The second-order valence-electron chi connectivity index (χ2n) is 6.52. The first-order valence-corrected chi connectivity index (χ1v) is 9.27. The van der Waals surface area contributed by atoms with Crippen LogP contribution in [0.25, 0.3) is 11.8 Å². The summed E-state index contributed by atoms with van der Waals surface area (Å²) in [6.45, 7) is 5.70. The Hall–Kier alpha value is -2.27. The number of fused-ring (bicyclic) bond motifs is 1. The van der Waals surface area contributed by atoms with Gasteiger partial charge in [0.2, 0.25) is 5.91 Å². The van der Waals surface area contributed by atoms with Crippen LogP contribution in [0.3, 0.4) is 0 Å². The first-order chi connectivity index (χ1) is 12.8. The fourth-order valence-corrected chi connectivity index (χ4v) is 3.63. The lowest BCUT2D eigenvalue weighted by Gasteiger charge is -2.19. The van der Waals surface area contributed by atoms with Crippen molar-refractivity contribution in [3.63, 3.8) is 0 Å². The van der Waals surface area contributed by atoms with Crippen LogP contribution >= 0.6 is 23.2 Å². The minimum atomic E-state index is -0.352. The third kappa shape index (κ3) is 3.74. The van der Waals surface area contributed by atoms with E-state index in [1.807, 2.05) is 25.1 Å². The van der Waals surface area contributed by atoms with Crippen LogP contribution < -0.4 is 11.1 Å². The third-order valence-corrected chi connectivity index (χ3v) is 5.67. The Kier molecular flexibility index (Phi) is 5.61. The van der Waals surface area contributed by atoms with E-state index >= 15 is 0 Å². The summed E-state index contributed by atoms with van der Waals surface area (Å²) in [5.41, 5.74) is 9.72. The zero-order valence-corrected chi connectivity index (χ0v) is 16.3. The first kappa shape index (κ1) is 19.5. The molecule has 6 heteroatoms. The van der Waals surface area contributed by atoms with Gasteiger partial charge in [-0.25, -0.2) is 0 Å². The Morgan fingerprint density at radius 1 is 1.26 bits per heavy atom. The molecule has 2 aromatic rings. The van der Waals surface area contributed by atoms with E-state index in [0.717, 1.165) is 16.7 Å². The van der Waals surface area contributed by atoms with Gasteiger partial charge in [-0.15, -0.1) is 0 Å². The number of halogens is 2. The highest BCUT2D eigenvalue weighted by molar-refractivity contribution is 6.43. The van der Waals surface area contributed by atoms with Crippen LogP contribution in [-0.2, 0) is 4.79 Å². The number of carbonyl (C=O) groups is 1. The van der Waals surface area contributed by atoms with Crippen molar-refractivity contribution < 1.29 is 9.90 Å². The predicted molar refractivity (Wildman–Crippen MR) is 111 cm³/mol. The number of benzene rings is 2. The molecule has 2 aromatic carbocycles. The molecule has 1 aliphatic rings. The highest BCUT2D eigenvalue weighted by Crippen LogP contribution is 2.42. The molecule has 1 aliphatic carbocycles. The largest absolute Gasteiger partial charge is 0.508 e. The normalized spacial score (nSPS) is 16.4. The van der Waals surface area contributed by atoms with Gasteiger partial charge in [0.1, 0.15) is 5.76 Å². The first-order valence-electron chi connectivity index (χ1n) is 8.52. The Morgan fingerprint density at radius 2 is 1.93 bits per heavy atom. The van der Waals surface area contributed by atoms with Crippen molar-refractivity contribution in [3.05, 3.63) is 80.8 Å². The number of aliphatic hydroxyl groups is 1. The molecular formula is C21H20Cl2N2O2. The fourth-order valence-electron chi connectivity index (χ4n) is 3.24. The van der Waals surface area contributed by atoms with E-state index in [-0.39, 0.29) is 30.2 Å². The highest BCUT2D eigenvalue weighted by Gasteiger charge is 2.29. The van der Waals surface area contributed by atoms with Crippen molar-refractivity contribution >= 4 is 40.9 Å². The molecule has 0 saturated carbocycles. The van der Waals surface area contributed by atoms with Crippen LogP contribution in [0.15, 0.2) is 48.6 Å². The van der Waals surface area contributed by atoms with Gasteiger partial charge in [-0.3, -0.25) is 4.79 Å². The number of amides is 1. The quantitative estimate of drug-likeness (QED) is 0.626. The smallest absolute Gasteiger partial charge is 0.248 e. The average Bonchev–Trinajstić information content (AvgIpc) is 3.00. The van der Waals surface area contributed by atoms with Crippen LogP contribution in [-0.4, -0.2) is 17.6 Å². The van der Waals surface area contributed by atoms with E-state index in [0.29, 0.717) is 21.2 Å². The third-order valence-electron chi connectivity index (χ3n) is 4.85. The van der Waals surface area contributed by atoms with Gasteiger partial charge in [-0.05, 0) is 28.8 Å². The van der Waals surface area contributed by atoms with Crippen LogP contribution in [0.1, 0.15) is 41.1 Å². The van der Waals surface area contributed by atoms with E-state index in [1.165, 1.54) is 0 Å². The molecule has 0 saturated heterocycles. The molecule has 1 amide bonds. The summed E-state index contributed by atoms with van der Waals surface area (Å²) in [7, 11) is 0. The van der Waals surface area contributed by atoms with Gasteiger partial charge in [0.25, 0.3) is 0 Å². The van der Waals surface area contributed by atoms with Gasteiger partial charge in [-0.1, -0.05) is 67.0 Å². The maximum absolute atomic E-state index is 12.9. The second kappa shape index (κ2) is 7.77. The van der Waals surface area contributed by atoms with Gasteiger partial charge in [0.05, 0.1) is 16.1 Å². The van der Waals surface area contributed by atoms with Gasteiger partial charge in [0.15, 0.2) is 0 Å². The van der Waals surface area contributed by atoms with E-state index in [9.17, 15) is 9.90 Å². The number of aliphatic hydroxyl groups excluding tert-OH is 1. The Labute approximate surface area is 168 Å². The molecule has 2 unspecified atom stereocenters. The standard InChI is InChI=1S/C21H20Cl2N2O2/c1-11-15-7-8-18(22)20(23)17(15)9-16(11)21(27)25-19(10-24)14-5-3-13(4-6-14)12(2)26/h3-9,11,19,26H,2,10,24H2,1H3,(H,25,27). The second-order valence-corrected chi connectivity index (χ2v) is 7.30. The summed E-state index contributed by atoms with van der Waals surface area (Å²) in [5, 5.41) is 13.3. The molecule has 4 nitrogen and oxygen atoms in total. The summed E-state index contributed by atoms with van der Waals surface area (Å²) >= 11 is 12.4.